The number of anilines is 1. The summed E-state index contributed by atoms with van der Waals surface area (Å²) in [6.07, 6.45) is 0. The quantitative estimate of drug-likeness (QED) is 0.305. The van der Waals surface area contributed by atoms with Crippen molar-refractivity contribution in [2.45, 2.75) is 27.7 Å². The van der Waals surface area contributed by atoms with E-state index in [-0.39, 0.29) is 29.1 Å². The van der Waals surface area contributed by atoms with E-state index in [9.17, 15) is 34.6 Å². The topological polar surface area (TPSA) is 172 Å². The maximum Gasteiger partial charge on any atom is 0.344 e. The molecule has 0 saturated heterocycles. The number of hydrogen-bond acceptors (Lipinski definition) is 9. The summed E-state index contributed by atoms with van der Waals surface area (Å²) in [5.74, 6) is -2.82. The van der Waals surface area contributed by atoms with Crippen LogP contribution in [-0.2, 0) is 4.74 Å². The normalized spacial score (nSPS) is 10.4. The fraction of sp³-hybridized carbons (Fsp3) is 0.278. The third-order valence-corrected chi connectivity index (χ3v) is 4.15. The molecule has 1 N–H and O–H groups in total. The molecule has 1 heterocycles. The SMILES string of the molecule is CCOC(=O)c1c(NC(=O)c2cc([N+](=O)[O-])c(C)c([N+](=O)[O-])c2)oc(C)c1C(C)=O. The second-order valence-electron chi connectivity index (χ2n) is 6.12. The first-order chi connectivity index (χ1) is 14.0. The maximum absolute atomic E-state index is 12.6. The van der Waals surface area contributed by atoms with Crippen molar-refractivity contribution in [1.29, 1.82) is 0 Å². The first-order valence-electron chi connectivity index (χ1n) is 8.55. The number of hydrogen-bond donors (Lipinski definition) is 1. The van der Waals surface area contributed by atoms with Gasteiger partial charge in [-0.25, -0.2) is 4.79 Å². The van der Waals surface area contributed by atoms with Crippen LogP contribution >= 0.6 is 0 Å². The lowest BCUT2D eigenvalue weighted by Gasteiger charge is -2.07. The molecule has 2 rings (SSSR count). The van der Waals surface area contributed by atoms with Gasteiger partial charge in [0.15, 0.2) is 5.78 Å². The molecule has 1 aromatic heterocycles. The van der Waals surface area contributed by atoms with E-state index in [1.807, 2.05) is 0 Å². The van der Waals surface area contributed by atoms with Gasteiger partial charge in [0.2, 0.25) is 5.88 Å². The highest BCUT2D eigenvalue weighted by Gasteiger charge is 2.30. The Hall–Kier alpha value is -4.09. The lowest BCUT2D eigenvalue weighted by Crippen LogP contribution is -2.17. The number of nitrogens with zero attached hydrogens (tertiary/aromatic N) is 2. The maximum atomic E-state index is 12.6. The molecule has 1 amide bonds. The summed E-state index contributed by atoms with van der Waals surface area (Å²) >= 11 is 0. The predicted molar refractivity (Wildman–Crippen MR) is 102 cm³/mol. The zero-order valence-corrected chi connectivity index (χ0v) is 16.4. The first-order valence-corrected chi connectivity index (χ1v) is 8.55. The molecule has 0 aliphatic carbocycles. The Morgan fingerprint density at radius 2 is 1.60 bits per heavy atom. The largest absolute Gasteiger partial charge is 0.462 e. The summed E-state index contributed by atoms with van der Waals surface area (Å²) in [6, 6.07) is 1.73. The summed E-state index contributed by atoms with van der Waals surface area (Å²) in [5.41, 5.74) is -2.29. The molecule has 12 heteroatoms. The van der Waals surface area contributed by atoms with Crippen molar-refractivity contribution in [3.05, 3.63) is 60.4 Å². The highest BCUT2D eigenvalue weighted by Crippen LogP contribution is 2.32. The number of benzene rings is 1. The van der Waals surface area contributed by atoms with Gasteiger partial charge in [0, 0.05) is 12.1 Å². The zero-order chi connectivity index (χ0) is 22.7. The number of esters is 1. The molecule has 0 aliphatic rings. The van der Waals surface area contributed by atoms with E-state index in [4.69, 9.17) is 9.15 Å². The van der Waals surface area contributed by atoms with Crippen molar-refractivity contribution in [1.82, 2.24) is 0 Å². The van der Waals surface area contributed by atoms with Gasteiger partial charge < -0.3 is 9.15 Å². The number of nitro groups is 2. The number of rotatable bonds is 7. The van der Waals surface area contributed by atoms with Gasteiger partial charge >= 0.3 is 5.97 Å². The van der Waals surface area contributed by atoms with E-state index in [1.165, 1.54) is 20.8 Å². The monoisotopic (exact) mass is 419 g/mol. The molecule has 158 valence electrons. The fourth-order valence-corrected chi connectivity index (χ4v) is 2.82. The number of amides is 1. The molecule has 0 saturated carbocycles. The Morgan fingerprint density at radius 1 is 1.07 bits per heavy atom. The van der Waals surface area contributed by atoms with E-state index in [2.05, 4.69) is 5.32 Å². The van der Waals surface area contributed by atoms with Crippen molar-refractivity contribution >= 4 is 34.9 Å². The van der Waals surface area contributed by atoms with E-state index in [0.29, 0.717) is 0 Å². The lowest BCUT2D eigenvalue weighted by molar-refractivity contribution is -0.395. The molecule has 0 atom stereocenters. The molecule has 2 aromatic rings. The van der Waals surface area contributed by atoms with Crippen LogP contribution < -0.4 is 5.32 Å². The smallest absolute Gasteiger partial charge is 0.344 e. The molecule has 0 bridgehead atoms. The highest BCUT2D eigenvalue weighted by molar-refractivity contribution is 6.13. The fourth-order valence-electron chi connectivity index (χ4n) is 2.82. The number of ether oxygens (including phenoxy) is 1. The summed E-state index contributed by atoms with van der Waals surface area (Å²) < 4.78 is 10.2. The van der Waals surface area contributed by atoms with Crippen LogP contribution in [0.5, 0.6) is 0 Å². The van der Waals surface area contributed by atoms with E-state index < -0.39 is 50.3 Å². The Kier molecular flexibility index (Phi) is 6.30. The average Bonchev–Trinajstić information content (AvgIpc) is 2.97. The summed E-state index contributed by atoms with van der Waals surface area (Å²) in [5, 5.41) is 24.6. The van der Waals surface area contributed by atoms with Crippen LogP contribution in [0.2, 0.25) is 0 Å². The van der Waals surface area contributed by atoms with Crippen LogP contribution in [0.1, 0.15) is 56.2 Å². The number of Topliss-reactive ketones (excluding diaryl/α,β-unsaturated/α-hetero) is 1. The second kappa shape index (κ2) is 8.51. The first kappa shape index (κ1) is 22.2. The minimum absolute atomic E-state index is 0.00978. The molecule has 12 nitrogen and oxygen atoms in total. The van der Waals surface area contributed by atoms with Crippen molar-refractivity contribution < 1.29 is 33.4 Å². The molecule has 0 spiro atoms. The number of furan rings is 1. The van der Waals surface area contributed by atoms with Crippen LogP contribution in [0.15, 0.2) is 16.5 Å². The molecular formula is C18H17N3O9. The van der Waals surface area contributed by atoms with Gasteiger partial charge in [-0.3, -0.25) is 35.1 Å². The third-order valence-electron chi connectivity index (χ3n) is 4.15. The Balaban J connectivity index is 2.57. The van der Waals surface area contributed by atoms with Crippen molar-refractivity contribution in [2.75, 3.05) is 11.9 Å². The van der Waals surface area contributed by atoms with Crippen molar-refractivity contribution in [3.63, 3.8) is 0 Å². The summed E-state index contributed by atoms with van der Waals surface area (Å²) in [7, 11) is 0. The highest BCUT2D eigenvalue weighted by atomic mass is 16.6. The Labute approximate surface area is 169 Å². The van der Waals surface area contributed by atoms with Gasteiger partial charge in [-0.2, -0.15) is 0 Å². The number of nitro benzene ring substituents is 2. The van der Waals surface area contributed by atoms with Gasteiger partial charge in [-0.15, -0.1) is 0 Å². The average molecular weight is 419 g/mol. The molecule has 0 fully saturated rings. The Morgan fingerprint density at radius 3 is 2.03 bits per heavy atom. The zero-order valence-electron chi connectivity index (χ0n) is 16.4. The van der Waals surface area contributed by atoms with Crippen LogP contribution in [0.3, 0.4) is 0 Å². The van der Waals surface area contributed by atoms with Crippen LogP contribution in [-0.4, -0.2) is 34.1 Å². The van der Waals surface area contributed by atoms with E-state index in [1.54, 1.807) is 6.92 Å². The van der Waals surface area contributed by atoms with Gasteiger partial charge in [0.05, 0.1) is 27.6 Å². The minimum Gasteiger partial charge on any atom is -0.462 e. The van der Waals surface area contributed by atoms with Crippen LogP contribution in [0.25, 0.3) is 0 Å². The van der Waals surface area contributed by atoms with E-state index in [0.717, 1.165) is 12.1 Å². The number of nitrogens with one attached hydrogen (secondary N) is 1. The lowest BCUT2D eigenvalue weighted by atomic mass is 10.1. The number of aryl methyl sites for hydroxylation is 1. The molecule has 0 unspecified atom stereocenters. The minimum atomic E-state index is -1.02. The van der Waals surface area contributed by atoms with Gasteiger partial charge in [0.1, 0.15) is 16.9 Å². The van der Waals surface area contributed by atoms with Gasteiger partial charge in [-0.1, -0.05) is 0 Å². The molecule has 1 aromatic carbocycles. The number of carbonyl (C=O) groups is 3. The Bertz CT molecular complexity index is 1050. The van der Waals surface area contributed by atoms with Gasteiger partial charge in [0.25, 0.3) is 17.3 Å². The summed E-state index contributed by atoms with van der Waals surface area (Å²) in [6.45, 7) is 5.31. The molecular weight excluding hydrogens is 402 g/mol. The second-order valence-corrected chi connectivity index (χ2v) is 6.12. The van der Waals surface area contributed by atoms with Crippen molar-refractivity contribution in [3.8, 4) is 0 Å². The number of carbonyl (C=O) groups excluding carboxylic acids is 3. The number of ketones is 1. The molecule has 30 heavy (non-hydrogen) atoms. The molecule has 0 radical (unpaired) electrons. The third kappa shape index (κ3) is 4.16. The predicted octanol–water partition coefficient (Wildman–Crippen LogP) is 3.34. The van der Waals surface area contributed by atoms with Crippen LogP contribution in [0.4, 0.5) is 17.3 Å². The summed E-state index contributed by atoms with van der Waals surface area (Å²) in [4.78, 5) is 57.5. The van der Waals surface area contributed by atoms with Crippen LogP contribution in [0, 0.1) is 34.1 Å². The molecule has 0 aliphatic heterocycles. The standard InChI is InChI=1S/C18H17N3O9/c1-5-29-18(24)15-14(9(3)22)10(4)30-17(15)19-16(23)11-6-12(20(25)26)8(2)13(7-11)21(27)28/h6-7H,5H2,1-4H3,(H,19,23). The van der Waals surface area contributed by atoms with Crippen molar-refractivity contribution in [2.24, 2.45) is 0 Å². The van der Waals surface area contributed by atoms with E-state index >= 15 is 0 Å². The van der Waals surface area contributed by atoms with Gasteiger partial charge in [-0.05, 0) is 27.7 Å².